The highest BCUT2D eigenvalue weighted by Crippen LogP contribution is 2.15. The fraction of sp³-hybridized carbons (Fsp3) is 0.889. The Labute approximate surface area is 79.4 Å². The van der Waals surface area contributed by atoms with Crippen LogP contribution in [0.5, 0.6) is 0 Å². The van der Waals surface area contributed by atoms with E-state index in [4.69, 9.17) is 0 Å². The molecule has 0 aromatic rings. The highest BCUT2D eigenvalue weighted by atomic mass is 16.5. The molecule has 0 spiro atoms. The van der Waals surface area contributed by atoms with E-state index in [9.17, 15) is 4.79 Å². The molecule has 1 fully saturated rings. The Morgan fingerprint density at radius 1 is 1.69 bits per heavy atom. The maximum Gasteiger partial charge on any atom is 0.409 e. The van der Waals surface area contributed by atoms with E-state index >= 15 is 0 Å². The summed E-state index contributed by atoms with van der Waals surface area (Å²) in [5, 5.41) is 0. The molecule has 0 aromatic carbocycles. The van der Waals surface area contributed by atoms with Gasteiger partial charge in [0.05, 0.1) is 7.11 Å². The van der Waals surface area contributed by atoms with E-state index in [2.05, 4.69) is 16.7 Å². The van der Waals surface area contributed by atoms with E-state index in [0.29, 0.717) is 5.92 Å². The number of ether oxygens (including phenoxy) is 1. The molecule has 1 saturated heterocycles. The van der Waals surface area contributed by atoms with Crippen molar-refractivity contribution in [3.63, 3.8) is 0 Å². The molecule has 4 heteroatoms. The van der Waals surface area contributed by atoms with Gasteiger partial charge in [0.1, 0.15) is 0 Å². The largest absolute Gasteiger partial charge is 0.453 e. The predicted octanol–water partition coefficient (Wildman–Crippen LogP) is 0.636. The van der Waals surface area contributed by atoms with Crippen molar-refractivity contribution < 1.29 is 9.53 Å². The normalized spacial score (nSPS) is 23.2. The van der Waals surface area contributed by atoms with Crippen LogP contribution in [-0.2, 0) is 4.74 Å². The van der Waals surface area contributed by atoms with Crippen molar-refractivity contribution in [2.75, 3.05) is 40.8 Å². The number of hydrogen-bond acceptors (Lipinski definition) is 3. The molecule has 13 heavy (non-hydrogen) atoms. The molecule has 1 heterocycles. The summed E-state index contributed by atoms with van der Waals surface area (Å²) < 4.78 is 4.62. The maximum atomic E-state index is 11.1. The SMILES string of the molecule is COC(=O)N(C)CC1CCN(C)C1. The average Bonchev–Trinajstić information content (AvgIpc) is 2.49. The van der Waals surface area contributed by atoms with Crippen LogP contribution >= 0.6 is 0 Å². The van der Waals surface area contributed by atoms with Crippen molar-refractivity contribution in [2.24, 2.45) is 5.92 Å². The standard InChI is InChI=1S/C9H18N2O2/c1-10-5-4-8(6-10)7-11(2)9(12)13-3/h8H,4-7H2,1-3H3. The number of amides is 1. The zero-order chi connectivity index (χ0) is 9.84. The molecular formula is C9H18N2O2. The highest BCUT2D eigenvalue weighted by Gasteiger charge is 2.22. The summed E-state index contributed by atoms with van der Waals surface area (Å²) in [6, 6.07) is 0. The second-order valence-electron chi connectivity index (χ2n) is 3.77. The zero-order valence-electron chi connectivity index (χ0n) is 8.62. The van der Waals surface area contributed by atoms with Gasteiger partial charge < -0.3 is 14.5 Å². The van der Waals surface area contributed by atoms with Gasteiger partial charge in [0.15, 0.2) is 0 Å². The number of methoxy groups -OCH3 is 1. The van der Waals surface area contributed by atoms with Crippen LogP contribution in [-0.4, -0.2) is 56.7 Å². The number of nitrogens with zero attached hydrogens (tertiary/aromatic N) is 2. The van der Waals surface area contributed by atoms with Crippen LogP contribution in [0.25, 0.3) is 0 Å². The first-order valence-corrected chi connectivity index (χ1v) is 4.61. The first-order chi connectivity index (χ1) is 6.13. The molecule has 4 nitrogen and oxygen atoms in total. The van der Waals surface area contributed by atoms with E-state index in [0.717, 1.165) is 19.6 Å². The van der Waals surface area contributed by atoms with Crippen molar-refractivity contribution in [3.8, 4) is 0 Å². The molecule has 0 aromatic heterocycles. The number of likely N-dealkylation sites (tertiary alicyclic amines) is 1. The number of hydrogen-bond donors (Lipinski definition) is 0. The Hall–Kier alpha value is -0.770. The summed E-state index contributed by atoms with van der Waals surface area (Å²) in [6.45, 7) is 3.03. The first kappa shape index (κ1) is 10.3. The molecule has 1 aliphatic rings. The molecular weight excluding hydrogens is 168 g/mol. The third kappa shape index (κ3) is 2.88. The highest BCUT2D eigenvalue weighted by molar-refractivity contribution is 5.66. The van der Waals surface area contributed by atoms with Gasteiger partial charge in [0.25, 0.3) is 0 Å². The monoisotopic (exact) mass is 186 g/mol. The summed E-state index contributed by atoms with van der Waals surface area (Å²) in [5.41, 5.74) is 0. The van der Waals surface area contributed by atoms with Gasteiger partial charge >= 0.3 is 6.09 Å². The topological polar surface area (TPSA) is 32.8 Å². The van der Waals surface area contributed by atoms with Gasteiger partial charge in [-0.2, -0.15) is 0 Å². The minimum absolute atomic E-state index is 0.241. The fourth-order valence-electron chi connectivity index (χ4n) is 1.79. The molecule has 1 atom stereocenters. The Kier molecular flexibility index (Phi) is 3.54. The zero-order valence-corrected chi connectivity index (χ0v) is 8.62. The third-order valence-electron chi connectivity index (χ3n) is 2.51. The summed E-state index contributed by atoms with van der Waals surface area (Å²) in [7, 11) is 5.31. The van der Waals surface area contributed by atoms with Gasteiger partial charge in [-0.15, -0.1) is 0 Å². The second kappa shape index (κ2) is 4.46. The average molecular weight is 186 g/mol. The van der Waals surface area contributed by atoms with Crippen LogP contribution in [0.15, 0.2) is 0 Å². The van der Waals surface area contributed by atoms with Gasteiger partial charge in [-0.05, 0) is 25.9 Å². The van der Waals surface area contributed by atoms with Gasteiger partial charge in [-0.3, -0.25) is 0 Å². The Bertz CT molecular complexity index is 184. The summed E-state index contributed by atoms with van der Waals surface area (Å²) in [4.78, 5) is 15.0. The minimum atomic E-state index is -0.241. The van der Waals surface area contributed by atoms with Crippen molar-refractivity contribution >= 4 is 6.09 Å². The van der Waals surface area contributed by atoms with E-state index in [1.165, 1.54) is 13.5 Å². The van der Waals surface area contributed by atoms with E-state index in [1.54, 1.807) is 11.9 Å². The fourth-order valence-corrected chi connectivity index (χ4v) is 1.79. The molecule has 1 rings (SSSR count). The third-order valence-corrected chi connectivity index (χ3v) is 2.51. The quantitative estimate of drug-likeness (QED) is 0.634. The first-order valence-electron chi connectivity index (χ1n) is 4.61. The van der Waals surface area contributed by atoms with Crippen molar-refractivity contribution in [3.05, 3.63) is 0 Å². The molecule has 0 radical (unpaired) electrons. The van der Waals surface area contributed by atoms with Crippen molar-refractivity contribution in [1.29, 1.82) is 0 Å². The van der Waals surface area contributed by atoms with Gasteiger partial charge in [0, 0.05) is 20.1 Å². The predicted molar refractivity (Wildman–Crippen MR) is 50.6 cm³/mol. The summed E-state index contributed by atoms with van der Waals surface area (Å²) >= 11 is 0. The molecule has 76 valence electrons. The molecule has 0 aliphatic carbocycles. The van der Waals surface area contributed by atoms with Crippen LogP contribution < -0.4 is 0 Å². The Morgan fingerprint density at radius 3 is 2.85 bits per heavy atom. The smallest absolute Gasteiger partial charge is 0.409 e. The van der Waals surface area contributed by atoms with Crippen molar-refractivity contribution in [1.82, 2.24) is 9.80 Å². The van der Waals surface area contributed by atoms with Crippen LogP contribution in [0.2, 0.25) is 0 Å². The number of carbonyl (C=O) groups excluding carboxylic acids is 1. The lowest BCUT2D eigenvalue weighted by Crippen LogP contribution is -2.32. The molecule has 0 N–H and O–H groups in total. The van der Waals surface area contributed by atoms with Crippen LogP contribution in [0.3, 0.4) is 0 Å². The summed E-state index contributed by atoms with van der Waals surface area (Å²) in [5.74, 6) is 0.606. The number of carbonyl (C=O) groups is 1. The lowest BCUT2D eigenvalue weighted by molar-refractivity contribution is 0.127. The van der Waals surface area contributed by atoms with Gasteiger partial charge in [-0.1, -0.05) is 0 Å². The number of rotatable bonds is 2. The van der Waals surface area contributed by atoms with Crippen molar-refractivity contribution in [2.45, 2.75) is 6.42 Å². The van der Waals surface area contributed by atoms with Crippen LogP contribution in [0.4, 0.5) is 4.79 Å². The second-order valence-corrected chi connectivity index (χ2v) is 3.77. The van der Waals surface area contributed by atoms with E-state index < -0.39 is 0 Å². The maximum absolute atomic E-state index is 11.1. The molecule has 0 bridgehead atoms. The van der Waals surface area contributed by atoms with E-state index in [1.807, 2.05) is 0 Å². The van der Waals surface area contributed by atoms with E-state index in [-0.39, 0.29) is 6.09 Å². The molecule has 1 unspecified atom stereocenters. The van der Waals surface area contributed by atoms with Gasteiger partial charge in [0.2, 0.25) is 0 Å². The minimum Gasteiger partial charge on any atom is -0.453 e. The summed E-state index contributed by atoms with van der Waals surface area (Å²) in [6.07, 6.45) is 0.937. The lowest BCUT2D eigenvalue weighted by Gasteiger charge is -2.19. The van der Waals surface area contributed by atoms with Crippen LogP contribution in [0, 0.1) is 5.92 Å². The van der Waals surface area contributed by atoms with Gasteiger partial charge in [-0.25, -0.2) is 4.79 Å². The lowest BCUT2D eigenvalue weighted by atomic mass is 10.1. The Balaban J connectivity index is 2.28. The molecule has 1 aliphatic heterocycles. The molecule has 1 amide bonds. The Morgan fingerprint density at radius 2 is 2.38 bits per heavy atom. The molecule has 0 saturated carbocycles. The van der Waals surface area contributed by atoms with Crippen LogP contribution in [0.1, 0.15) is 6.42 Å².